The van der Waals surface area contributed by atoms with E-state index in [4.69, 9.17) is 0 Å². The number of halogens is 1. The molecule has 0 saturated heterocycles. The fraction of sp³-hybridized carbons (Fsp3) is 0.167. The summed E-state index contributed by atoms with van der Waals surface area (Å²) in [6.07, 6.45) is 0.777. The number of nitrogens with one attached hydrogen (secondary N) is 2. The van der Waals surface area contributed by atoms with Crippen LogP contribution in [0.15, 0.2) is 34.9 Å². The number of ether oxygens (including phenoxy) is 1. The lowest BCUT2D eigenvalue weighted by molar-refractivity contribution is -0.116. The minimum Gasteiger partial charge on any atom is -0.453 e. The largest absolute Gasteiger partial charge is 0.453 e. The monoisotopic (exact) mass is 353 g/mol. The molecule has 0 aliphatic rings. The Hall–Kier alpha value is -2.42. The third-order valence-corrected chi connectivity index (χ3v) is 2.92. The molecule has 0 radical (unpaired) electrons. The van der Waals surface area contributed by atoms with Gasteiger partial charge in [0.15, 0.2) is 5.82 Å². The molecule has 1 heterocycles. The molecule has 2 aromatic rings. The molecule has 2 N–H and O–H groups in total. The van der Waals surface area contributed by atoms with Crippen molar-refractivity contribution < 1.29 is 14.3 Å². The van der Waals surface area contributed by atoms with Gasteiger partial charge in [-0.2, -0.15) is 0 Å². The topological polar surface area (TPSA) is 98.1 Å². The van der Waals surface area contributed by atoms with Gasteiger partial charge in [-0.25, -0.2) is 9.48 Å². The average Bonchev–Trinajstić information content (AvgIpc) is 2.88. The summed E-state index contributed by atoms with van der Waals surface area (Å²) in [5.41, 5.74) is 0.677. The van der Waals surface area contributed by atoms with Crippen molar-refractivity contribution >= 4 is 39.4 Å². The van der Waals surface area contributed by atoms with Gasteiger partial charge in [0, 0.05) is 10.2 Å². The van der Waals surface area contributed by atoms with Crippen LogP contribution in [0.2, 0.25) is 0 Å². The minimum absolute atomic E-state index is 0.0219. The lowest BCUT2D eigenvalue weighted by Crippen LogP contribution is -2.19. The molecule has 0 atom stereocenters. The van der Waals surface area contributed by atoms with Crippen molar-refractivity contribution in [2.24, 2.45) is 0 Å². The molecular weight excluding hydrogens is 342 g/mol. The summed E-state index contributed by atoms with van der Waals surface area (Å²) in [6, 6.07) is 7.19. The number of benzene rings is 1. The first-order chi connectivity index (χ1) is 10.1. The van der Waals surface area contributed by atoms with E-state index < -0.39 is 6.09 Å². The summed E-state index contributed by atoms with van der Waals surface area (Å²) in [5.74, 6) is -0.0508. The molecule has 0 bridgehead atoms. The zero-order valence-electron chi connectivity index (χ0n) is 11.0. The van der Waals surface area contributed by atoms with Crippen LogP contribution in [-0.4, -0.2) is 34.1 Å². The number of nitrogens with zero attached hydrogens (tertiary/aromatic N) is 3. The van der Waals surface area contributed by atoms with E-state index in [0.717, 1.165) is 4.47 Å². The Labute approximate surface area is 128 Å². The molecule has 0 saturated carbocycles. The second kappa shape index (κ2) is 6.84. The second-order valence-corrected chi connectivity index (χ2v) is 4.89. The molecule has 0 fully saturated rings. The predicted molar refractivity (Wildman–Crippen MR) is 78.8 cm³/mol. The molecule has 0 aliphatic carbocycles. The van der Waals surface area contributed by atoms with Gasteiger partial charge in [0.1, 0.15) is 6.54 Å². The Morgan fingerprint density at radius 1 is 1.29 bits per heavy atom. The van der Waals surface area contributed by atoms with E-state index in [0.29, 0.717) is 5.69 Å². The zero-order valence-corrected chi connectivity index (χ0v) is 12.6. The van der Waals surface area contributed by atoms with Gasteiger partial charge in [-0.05, 0) is 24.3 Å². The third kappa shape index (κ3) is 4.56. The molecule has 0 aliphatic heterocycles. The van der Waals surface area contributed by atoms with Crippen LogP contribution >= 0.6 is 15.9 Å². The number of amides is 2. The Kier molecular flexibility index (Phi) is 4.88. The molecule has 2 rings (SSSR count). The summed E-state index contributed by atoms with van der Waals surface area (Å²) >= 11 is 3.31. The SMILES string of the molecule is COC(=O)Nc1cn(CC(=O)Nc2ccc(Br)cc2)nn1. The van der Waals surface area contributed by atoms with E-state index >= 15 is 0 Å². The quantitative estimate of drug-likeness (QED) is 0.873. The van der Waals surface area contributed by atoms with Gasteiger partial charge >= 0.3 is 6.09 Å². The lowest BCUT2D eigenvalue weighted by Gasteiger charge is -2.04. The Balaban J connectivity index is 1.90. The summed E-state index contributed by atoms with van der Waals surface area (Å²) in [5, 5.41) is 12.5. The highest BCUT2D eigenvalue weighted by Gasteiger charge is 2.08. The van der Waals surface area contributed by atoms with Gasteiger partial charge in [0.2, 0.25) is 5.91 Å². The van der Waals surface area contributed by atoms with Crippen molar-refractivity contribution in [2.75, 3.05) is 17.7 Å². The van der Waals surface area contributed by atoms with Crippen LogP contribution in [0.3, 0.4) is 0 Å². The standard InChI is InChI=1S/C12H12BrN5O3/c1-21-12(20)15-10-6-18(17-16-10)7-11(19)14-9-4-2-8(13)3-5-9/h2-6H,7H2,1H3,(H,14,19)(H,15,20). The fourth-order valence-electron chi connectivity index (χ4n) is 1.47. The second-order valence-electron chi connectivity index (χ2n) is 3.97. The predicted octanol–water partition coefficient (Wildman–Crippen LogP) is 1.86. The molecule has 9 heteroatoms. The smallest absolute Gasteiger partial charge is 0.412 e. The maximum Gasteiger partial charge on any atom is 0.412 e. The highest BCUT2D eigenvalue weighted by molar-refractivity contribution is 9.10. The van der Waals surface area contributed by atoms with Crippen LogP contribution in [0.25, 0.3) is 0 Å². The molecule has 21 heavy (non-hydrogen) atoms. The third-order valence-electron chi connectivity index (χ3n) is 2.39. The molecular formula is C12H12BrN5O3. The van der Waals surface area contributed by atoms with Crippen molar-refractivity contribution in [3.05, 3.63) is 34.9 Å². The van der Waals surface area contributed by atoms with Gasteiger partial charge < -0.3 is 10.1 Å². The molecule has 110 valence electrons. The maximum absolute atomic E-state index is 11.8. The molecule has 1 aromatic heterocycles. The van der Waals surface area contributed by atoms with Crippen molar-refractivity contribution in [3.8, 4) is 0 Å². The maximum atomic E-state index is 11.8. The normalized spacial score (nSPS) is 10.0. The number of carbonyl (C=O) groups excluding carboxylic acids is 2. The van der Waals surface area contributed by atoms with E-state index in [-0.39, 0.29) is 18.3 Å². The fourth-order valence-corrected chi connectivity index (χ4v) is 1.73. The highest BCUT2D eigenvalue weighted by atomic mass is 79.9. The Morgan fingerprint density at radius 3 is 2.67 bits per heavy atom. The van der Waals surface area contributed by atoms with E-state index in [9.17, 15) is 9.59 Å². The minimum atomic E-state index is -0.652. The molecule has 0 unspecified atom stereocenters. The number of anilines is 2. The van der Waals surface area contributed by atoms with Crippen LogP contribution in [0.1, 0.15) is 0 Å². The van der Waals surface area contributed by atoms with Crippen LogP contribution in [-0.2, 0) is 16.1 Å². The van der Waals surface area contributed by atoms with Crippen LogP contribution in [0.5, 0.6) is 0 Å². The number of methoxy groups -OCH3 is 1. The molecule has 2 amide bonds. The van der Waals surface area contributed by atoms with Gasteiger partial charge in [-0.3, -0.25) is 10.1 Å². The summed E-state index contributed by atoms with van der Waals surface area (Å²) < 4.78 is 6.65. The highest BCUT2D eigenvalue weighted by Crippen LogP contribution is 2.14. The number of hydrogen-bond donors (Lipinski definition) is 2. The Morgan fingerprint density at radius 2 is 2.00 bits per heavy atom. The number of rotatable bonds is 4. The zero-order chi connectivity index (χ0) is 15.2. The van der Waals surface area contributed by atoms with E-state index in [1.165, 1.54) is 18.0 Å². The lowest BCUT2D eigenvalue weighted by atomic mass is 10.3. The first-order valence-corrected chi connectivity index (χ1v) is 6.66. The number of carbonyl (C=O) groups is 2. The van der Waals surface area contributed by atoms with Crippen molar-refractivity contribution in [3.63, 3.8) is 0 Å². The molecule has 0 spiro atoms. The van der Waals surface area contributed by atoms with Crippen molar-refractivity contribution in [1.82, 2.24) is 15.0 Å². The first-order valence-electron chi connectivity index (χ1n) is 5.87. The number of hydrogen-bond acceptors (Lipinski definition) is 5. The molecule has 8 nitrogen and oxygen atoms in total. The first kappa shape index (κ1) is 15.0. The van der Waals surface area contributed by atoms with Gasteiger partial charge in [0.25, 0.3) is 0 Å². The van der Waals surface area contributed by atoms with E-state index in [1.54, 1.807) is 12.1 Å². The van der Waals surface area contributed by atoms with Gasteiger partial charge in [-0.15, -0.1) is 5.10 Å². The van der Waals surface area contributed by atoms with Crippen LogP contribution in [0.4, 0.5) is 16.3 Å². The summed E-state index contributed by atoms with van der Waals surface area (Å²) in [7, 11) is 1.24. The van der Waals surface area contributed by atoms with Crippen molar-refractivity contribution in [1.29, 1.82) is 0 Å². The summed E-state index contributed by atoms with van der Waals surface area (Å²) in [4.78, 5) is 22.8. The molecule has 1 aromatic carbocycles. The van der Waals surface area contributed by atoms with E-state index in [2.05, 4.69) is 41.6 Å². The van der Waals surface area contributed by atoms with Crippen LogP contribution < -0.4 is 10.6 Å². The van der Waals surface area contributed by atoms with Gasteiger partial charge in [0.05, 0.1) is 13.3 Å². The number of aromatic nitrogens is 3. The summed E-state index contributed by atoms with van der Waals surface area (Å²) in [6.45, 7) is -0.0219. The van der Waals surface area contributed by atoms with E-state index in [1.807, 2.05) is 12.1 Å². The van der Waals surface area contributed by atoms with Gasteiger partial charge in [-0.1, -0.05) is 21.1 Å². The Bertz CT molecular complexity index is 641. The average molecular weight is 354 g/mol. The van der Waals surface area contributed by atoms with Crippen LogP contribution in [0, 0.1) is 0 Å². The van der Waals surface area contributed by atoms with Crippen molar-refractivity contribution in [2.45, 2.75) is 6.54 Å².